The van der Waals surface area contributed by atoms with Crippen molar-refractivity contribution >= 4 is 17.2 Å². The molecule has 7 heteroatoms. The summed E-state index contributed by atoms with van der Waals surface area (Å²) >= 11 is 1.51. The first-order chi connectivity index (χ1) is 11.7. The lowest BCUT2D eigenvalue weighted by Gasteiger charge is -2.38. The van der Waals surface area contributed by atoms with Crippen LogP contribution in [0.15, 0.2) is 35.2 Å². The van der Waals surface area contributed by atoms with Crippen LogP contribution in [-0.2, 0) is 4.74 Å². The van der Waals surface area contributed by atoms with Crippen molar-refractivity contribution in [2.45, 2.75) is 31.1 Å². The van der Waals surface area contributed by atoms with Gasteiger partial charge in [0.05, 0.1) is 18.2 Å². The quantitative estimate of drug-likeness (QED) is 0.856. The van der Waals surface area contributed by atoms with Gasteiger partial charge in [-0.25, -0.2) is 9.37 Å². The number of ether oxygens (including phenoxy) is 2. The molecule has 24 heavy (non-hydrogen) atoms. The molecule has 0 radical (unpaired) electrons. The molecule has 3 heterocycles. The average Bonchev–Trinajstić information content (AvgIpc) is 3.26. The fourth-order valence-corrected chi connectivity index (χ4v) is 4.08. The molecule has 2 aliphatic rings. The predicted octanol–water partition coefficient (Wildman–Crippen LogP) is 2.73. The van der Waals surface area contributed by atoms with Gasteiger partial charge in [0.15, 0.2) is 5.82 Å². The molecule has 0 spiro atoms. The van der Waals surface area contributed by atoms with Crippen LogP contribution in [0.25, 0.3) is 0 Å². The summed E-state index contributed by atoms with van der Waals surface area (Å²) in [6.45, 7) is 1.03. The highest BCUT2D eigenvalue weighted by Gasteiger charge is 2.46. The summed E-state index contributed by atoms with van der Waals surface area (Å²) in [5.41, 5.74) is 0.709. The first kappa shape index (κ1) is 15.5. The maximum absolute atomic E-state index is 13.8. The molecule has 1 aliphatic heterocycles. The molecule has 1 amide bonds. The van der Waals surface area contributed by atoms with Crippen LogP contribution in [-0.4, -0.2) is 47.2 Å². The summed E-state index contributed by atoms with van der Waals surface area (Å²) in [7, 11) is 0. The highest BCUT2D eigenvalue weighted by atomic mass is 32.1. The van der Waals surface area contributed by atoms with Crippen molar-refractivity contribution < 1.29 is 18.7 Å². The number of morpholine rings is 1. The number of carbonyl (C=O) groups is 1. The number of pyridine rings is 1. The Bertz CT molecular complexity index is 724. The van der Waals surface area contributed by atoms with Gasteiger partial charge < -0.3 is 14.4 Å². The molecule has 2 fully saturated rings. The number of thiophene rings is 1. The number of rotatable bonds is 3. The molecule has 2 aromatic heterocycles. The second-order valence-corrected chi connectivity index (χ2v) is 6.72. The molecular formula is C17H17FN2O3S. The second kappa shape index (κ2) is 6.49. The fraction of sp³-hybridized carbons (Fsp3) is 0.412. The van der Waals surface area contributed by atoms with E-state index in [1.807, 2.05) is 21.7 Å². The van der Waals surface area contributed by atoms with Gasteiger partial charge in [0, 0.05) is 18.1 Å². The van der Waals surface area contributed by atoms with Crippen molar-refractivity contribution in [1.29, 1.82) is 0 Å². The molecule has 2 aromatic rings. The smallest absolute Gasteiger partial charge is 0.255 e. The van der Waals surface area contributed by atoms with Crippen molar-refractivity contribution in [3.63, 3.8) is 0 Å². The normalized spacial score (nSPS) is 26.2. The zero-order chi connectivity index (χ0) is 16.5. The number of aromatic nitrogens is 1. The summed E-state index contributed by atoms with van der Waals surface area (Å²) in [6.07, 6.45) is 2.44. The molecule has 1 aliphatic carbocycles. The lowest BCUT2D eigenvalue weighted by molar-refractivity contribution is -0.0798. The van der Waals surface area contributed by atoms with Crippen LogP contribution >= 0.6 is 11.3 Å². The van der Waals surface area contributed by atoms with Gasteiger partial charge in [0.2, 0.25) is 0 Å². The van der Waals surface area contributed by atoms with Crippen LogP contribution in [0.5, 0.6) is 5.88 Å². The Morgan fingerprint density at radius 2 is 2.33 bits per heavy atom. The van der Waals surface area contributed by atoms with Crippen LogP contribution in [0.1, 0.15) is 23.2 Å². The van der Waals surface area contributed by atoms with E-state index in [0.717, 1.165) is 6.42 Å². The van der Waals surface area contributed by atoms with Crippen molar-refractivity contribution in [3.05, 3.63) is 46.5 Å². The Hall–Kier alpha value is -1.99. The lowest BCUT2D eigenvalue weighted by atomic mass is 10.1. The van der Waals surface area contributed by atoms with E-state index in [1.165, 1.54) is 29.7 Å². The number of amides is 1. The van der Waals surface area contributed by atoms with E-state index in [9.17, 15) is 9.18 Å². The number of nitrogens with zero attached hydrogens (tertiary/aromatic N) is 2. The fourth-order valence-electron chi connectivity index (χ4n) is 3.45. The Balaban J connectivity index is 1.50. The molecule has 5 nitrogen and oxygen atoms in total. The number of carbonyl (C=O) groups excluding carboxylic acids is 1. The summed E-state index contributed by atoms with van der Waals surface area (Å²) in [5, 5.41) is 3.76. The van der Waals surface area contributed by atoms with Crippen LogP contribution in [0.4, 0.5) is 4.39 Å². The maximum Gasteiger partial charge on any atom is 0.255 e. The van der Waals surface area contributed by atoms with E-state index < -0.39 is 5.82 Å². The summed E-state index contributed by atoms with van der Waals surface area (Å²) < 4.78 is 25.4. The molecule has 3 atom stereocenters. The third kappa shape index (κ3) is 2.78. The van der Waals surface area contributed by atoms with E-state index in [1.54, 1.807) is 0 Å². The molecule has 126 valence electrons. The van der Waals surface area contributed by atoms with E-state index in [2.05, 4.69) is 4.98 Å². The first-order valence-electron chi connectivity index (χ1n) is 7.96. The number of fused-ring (bicyclic) bond motifs is 1. The monoisotopic (exact) mass is 348 g/mol. The highest BCUT2D eigenvalue weighted by molar-refractivity contribution is 7.08. The van der Waals surface area contributed by atoms with Crippen molar-refractivity contribution in [2.75, 3.05) is 13.2 Å². The average molecular weight is 348 g/mol. The minimum Gasteiger partial charge on any atom is -0.469 e. The third-order valence-electron chi connectivity index (χ3n) is 4.55. The number of halogens is 1. The van der Waals surface area contributed by atoms with Gasteiger partial charge in [-0.3, -0.25) is 4.79 Å². The Morgan fingerprint density at radius 1 is 1.42 bits per heavy atom. The van der Waals surface area contributed by atoms with E-state index >= 15 is 0 Å². The third-order valence-corrected chi connectivity index (χ3v) is 5.24. The van der Waals surface area contributed by atoms with Crippen LogP contribution in [0, 0.1) is 5.82 Å². The van der Waals surface area contributed by atoms with Gasteiger partial charge in [-0.1, -0.05) is 0 Å². The largest absolute Gasteiger partial charge is 0.469 e. The number of hydrogen-bond acceptors (Lipinski definition) is 5. The van der Waals surface area contributed by atoms with E-state index in [-0.39, 0.29) is 30.0 Å². The molecule has 0 unspecified atom stereocenters. The molecule has 0 bridgehead atoms. The standard InChI is InChI=1S/C17H17FN2O3S/c18-12-2-1-6-19-16(12)23-14-4-3-13-15(14)22-8-7-20(13)17(21)11-5-9-24-10-11/h1-2,5-6,9-10,13-15H,3-4,7-8H2/t13-,14+,15+/m0/s1. The van der Waals surface area contributed by atoms with Crippen molar-refractivity contribution in [1.82, 2.24) is 9.88 Å². The van der Waals surface area contributed by atoms with Crippen LogP contribution in [0.3, 0.4) is 0 Å². The zero-order valence-corrected chi connectivity index (χ0v) is 13.7. The van der Waals surface area contributed by atoms with E-state index in [4.69, 9.17) is 9.47 Å². The van der Waals surface area contributed by atoms with Gasteiger partial charge >= 0.3 is 0 Å². The minimum atomic E-state index is -0.483. The summed E-state index contributed by atoms with van der Waals surface area (Å²) in [5.74, 6) is -0.463. The van der Waals surface area contributed by atoms with E-state index in [0.29, 0.717) is 25.1 Å². The number of hydrogen-bond donors (Lipinski definition) is 0. The van der Waals surface area contributed by atoms with Gasteiger partial charge in [-0.2, -0.15) is 11.3 Å². The lowest BCUT2D eigenvalue weighted by Crippen LogP contribution is -2.54. The summed E-state index contributed by atoms with van der Waals surface area (Å²) in [4.78, 5) is 18.5. The van der Waals surface area contributed by atoms with Crippen LogP contribution in [0.2, 0.25) is 0 Å². The predicted molar refractivity (Wildman–Crippen MR) is 86.7 cm³/mol. The topological polar surface area (TPSA) is 51.7 Å². The molecule has 0 N–H and O–H groups in total. The van der Waals surface area contributed by atoms with Crippen molar-refractivity contribution in [3.8, 4) is 5.88 Å². The highest BCUT2D eigenvalue weighted by Crippen LogP contribution is 2.34. The zero-order valence-electron chi connectivity index (χ0n) is 12.9. The second-order valence-electron chi connectivity index (χ2n) is 5.94. The Morgan fingerprint density at radius 3 is 3.12 bits per heavy atom. The van der Waals surface area contributed by atoms with Gasteiger partial charge in [0.1, 0.15) is 12.2 Å². The molecule has 1 saturated carbocycles. The molecule has 1 saturated heterocycles. The Kier molecular flexibility index (Phi) is 4.20. The molecule has 4 rings (SSSR count). The van der Waals surface area contributed by atoms with Crippen LogP contribution < -0.4 is 4.74 Å². The first-order valence-corrected chi connectivity index (χ1v) is 8.90. The molecular weight excluding hydrogens is 331 g/mol. The Labute approximate surface area is 143 Å². The maximum atomic E-state index is 13.8. The minimum absolute atomic E-state index is 0.00645. The van der Waals surface area contributed by atoms with Gasteiger partial charge in [-0.15, -0.1) is 0 Å². The SMILES string of the molecule is O=C(c1ccsc1)N1CCO[C@H]2[C@H](Oc3ncccc3F)CC[C@@H]21. The van der Waals surface area contributed by atoms with Gasteiger partial charge in [-0.05, 0) is 36.4 Å². The van der Waals surface area contributed by atoms with Gasteiger partial charge in [0.25, 0.3) is 11.8 Å². The van der Waals surface area contributed by atoms with Crippen molar-refractivity contribution in [2.24, 2.45) is 0 Å². The summed E-state index contributed by atoms with van der Waals surface area (Å²) in [6, 6.07) is 4.65. The molecule has 0 aromatic carbocycles.